The molecule has 1 aromatic heterocycles. The Balaban J connectivity index is 1.96. The summed E-state index contributed by atoms with van der Waals surface area (Å²) in [5, 5.41) is 8.79. The van der Waals surface area contributed by atoms with Crippen LogP contribution in [0.2, 0.25) is 0 Å². The molecule has 1 heterocycles. The Bertz CT molecular complexity index is 369. The molecule has 2 rings (SSSR count). The average molecular weight is 346 g/mol. The topological polar surface area (TPSA) is 29.9 Å². The van der Waals surface area contributed by atoms with Crippen molar-refractivity contribution in [3.05, 3.63) is 16.4 Å². The number of thioether (sulfide) groups is 1. The lowest BCUT2D eigenvalue weighted by Gasteiger charge is -2.24. The molecule has 1 aromatic rings. The van der Waals surface area contributed by atoms with Crippen LogP contribution in [0.5, 0.6) is 0 Å². The van der Waals surface area contributed by atoms with Gasteiger partial charge >= 0.3 is 0 Å². The smallest absolute Gasteiger partial charge is 0.0700 e. The molecule has 1 unspecified atom stereocenters. The number of nitrogens with one attached hydrogen (secondary N) is 1. The number of hydrogen-bond donors (Lipinski definition) is 1. The SMILES string of the molecule is CCNC(CSC1CCCCC1)c1c(Br)cnn1C. The molecule has 0 aromatic carbocycles. The van der Waals surface area contributed by atoms with E-state index in [1.165, 1.54) is 37.8 Å². The van der Waals surface area contributed by atoms with E-state index in [2.05, 4.69) is 45.0 Å². The highest BCUT2D eigenvalue weighted by Crippen LogP contribution is 2.32. The highest BCUT2D eigenvalue weighted by molar-refractivity contribution is 9.10. The molecule has 0 aliphatic heterocycles. The third-order valence-corrected chi connectivity index (χ3v) is 5.85. The minimum atomic E-state index is 0.388. The van der Waals surface area contributed by atoms with Gasteiger partial charge in [0.25, 0.3) is 0 Å². The van der Waals surface area contributed by atoms with Crippen LogP contribution in [0.1, 0.15) is 50.8 Å². The Morgan fingerprint density at radius 3 is 2.79 bits per heavy atom. The first-order valence-electron chi connectivity index (χ1n) is 7.24. The lowest BCUT2D eigenvalue weighted by atomic mass is 10.0. The van der Waals surface area contributed by atoms with Crippen LogP contribution in [-0.4, -0.2) is 27.3 Å². The van der Waals surface area contributed by atoms with Gasteiger partial charge in [-0.25, -0.2) is 0 Å². The molecule has 0 radical (unpaired) electrons. The van der Waals surface area contributed by atoms with E-state index < -0.39 is 0 Å². The quantitative estimate of drug-likeness (QED) is 0.847. The Labute approximate surface area is 129 Å². The summed E-state index contributed by atoms with van der Waals surface area (Å²) in [5.74, 6) is 1.14. The van der Waals surface area contributed by atoms with Gasteiger partial charge in [-0.05, 0) is 35.3 Å². The van der Waals surface area contributed by atoms with Crippen LogP contribution in [0.4, 0.5) is 0 Å². The first-order chi connectivity index (χ1) is 9.22. The molecule has 19 heavy (non-hydrogen) atoms. The molecular formula is C14H24BrN3S. The Morgan fingerprint density at radius 2 is 2.21 bits per heavy atom. The zero-order valence-electron chi connectivity index (χ0n) is 11.9. The fourth-order valence-corrected chi connectivity index (χ4v) is 4.79. The normalized spacial score (nSPS) is 18.7. The lowest BCUT2D eigenvalue weighted by molar-refractivity contribution is 0.511. The van der Waals surface area contributed by atoms with Gasteiger partial charge in [0, 0.05) is 18.1 Å². The van der Waals surface area contributed by atoms with Crippen molar-refractivity contribution in [2.24, 2.45) is 7.05 Å². The maximum Gasteiger partial charge on any atom is 0.0700 e. The number of rotatable bonds is 6. The van der Waals surface area contributed by atoms with Crippen molar-refractivity contribution in [2.45, 2.75) is 50.3 Å². The van der Waals surface area contributed by atoms with Gasteiger partial charge in [0.15, 0.2) is 0 Å². The van der Waals surface area contributed by atoms with E-state index in [-0.39, 0.29) is 0 Å². The Kier molecular flexibility index (Phi) is 6.23. The first kappa shape index (κ1) is 15.4. The maximum atomic E-state index is 4.33. The summed E-state index contributed by atoms with van der Waals surface area (Å²) in [6.07, 6.45) is 8.95. The van der Waals surface area contributed by atoms with Crippen LogP contribution in [0.25, 0.3) is 0 Å². The second kappa shape index (κ2) is 7.70. The van der Waals surface area contributed by atoms with E-state index in [0.717, 1.165) is 22.0 Å². The molecule has 1 aliphatic carbocycles. The van der Waals surface area contributed by atoms with Crippen molar-refractivity contribution in [3.8, 4) is 0 Å². The summed E-state index contributed by atoms with van der Waals surface area (Å²) in [6.45, 7) is 3.16. The second-order valence-corrected chi connectivity index (χ2v) is 7.39. The summed E-state index contributed by atoms with van der Waals surface area (Å²) < 4.78 is 3.10. The van der Waals surface area contributed by atoms with Crippen molar-refractivity contribution in [3.63, 3.8) is 0 Å². The third-order valence-electron chi connectivity index (χ3n) is 3.77. The first-order valence-corrected chi connectivity index (χ1v) is 9.09. The monoisotopic (exact) mass is 345 g/mol. The average Bonchev–Trinajstić information content (AvgIpc) is 2.76. The zero-order chi connectivity index (χ0) is 13.7. The van der Waals surface area contributed by atoms with E-state index >= 15 is 0 Å². The van der Waals surface area contributed by atoms with Gasteiger partial charge in [-0.15, -0.1) is 0 Å². The van der Waals surface area contributed by atoms with Gasteiger partial charge in [-0.1, -0.05) is 26.2 Å². The van der Waals surface area contributed by atoms with Crippen molar-refractivity contribution in [1.29, 1.82) is 0 Å². The molecule has 5 heteroatoms. The molecule has 3 nitrogen and oxygen atoms in total. The number of aromatic nitrogens is 2. The third kappa shape index (κ3) is 4.23. The molecule has 0 bridgehead atoms. The van der Waals surface area contributed by atoms with Crippen LogP contribution in [0.15, 0.2) is 10.7 Å². The molecule has 1 fully saturated rings. The maximum absolute atomic E-state index is 4.33. The number of halogens is 1. The molecule has 1 aliphatic rings. The molecule has 0 spiro atoms. The van der Waals surface area contributed by atoms with Gasteiger partial charge in [-0.3, -0.25) is 4.68 Å². The Hall–Kier alpha value is 0. The summed E-state index contributed by atoms with van der Waals surface area (Å²) in [7, 11) is 2.02. The summed E-state index contributed by atoms with van der Waals surface area (Å²) in [4.78, 5) is 0. The summed E-state index contributed by atoms with van der Waals surface area (Å²) >= 11 is 5.76. The standard InChI is InChI=1S/C14H24BrN3S/c1-3-16-13(14-12(15)9-17-18(14)2)10-19-11-7-5-4-6-8-11/h9,11,13,16H,3-8,10H2,1-2H3. The van der Waals surface area contributed by atoms with Crippen LogP contribution < -0.4 is 5.32 Å². The zero-order valence-corrected chi connectivity index (χ0v) is 14.3. The second-order valence-electron chi connectivity index (χ2n) is 5.20. The van der Waals surface area contributed by atoms with Gasteiger partial charge in [0.2, 0.25) is 0 Å². The molecule has 108 valence electrons. The van der Waals surface area contributed by atoms with Crippen LogP contribution in [0, 0.1) is 0 Å². The van der Waals surface area contributed by atoms with Gasteiger partial charge < -0.3 is 5.32 Å². The highest BCUT2D eigenvalue weighted by atomic mass is 79.9. The van der Waals surface area contributed by atoms with E-state index in [4.69, 9.17) is 0 Å². The lowest BCUT2D eigenvalue weighted by Crippen LogP contribution is -2.26. The largest absolute Gasteiger partial charge is 0.308 e. The van der Waals surface area contributed by atoms with Crippen molar-refractivity contribution in [1.82, 2.24) is 15.1 Å². The van der Waals surface area contributed by atoms with E-state index in [1.54, 1.807) is 0 Å². The molecule has 1 saturated carbocycles. The van der Waals surface area contributed by atoms with Crippen molar-refractivity contribution in [2.75, 3.05) is 12.3 Å². The predicted octanol–water partition coefficient (Wildman–Crippen LogP) is 3.90. The number of nitrogens with zero attached hydrogens (tertiary/aromatic N) is 2. The molecule has 0 amide bonds. The van der Waals surface area contributed by atoms with E-state index in [0.29, 0.717) is 6.04 Å². The number of aryl methyl sites for hydroxylation is 1. The van der Waals surface area contributed by atoms with Crippen LogP contribution in [-0.2, 0) is 7.05 Å². The van der Waals surface area contributed by atoms with E-state index in [9.17, 15) is 0 Å². The van der Waals surface area contributed by atoms with Crippen molar-refractivity contribution >= 4 is 27.7 Å². The minimum Gasteiger partial charge on any atom is -0.308 e. The predicted molar refractivity (Wildman–Crippen MR) is 86.7 cm³/mol. The van der Waals surface area contributed by atoms with E-state index in [1.807, 2.05) is 17.9 Å². The molecule has 0 saturated heterocycles. The van der Waals surface area contributed by atoms with Crippen molar-refractivity contribution < 1.29 is 0 Å². The Morgan fingerprint density at radius 1 is 1.47 bits per heavy atom. The fraction of sp³-hybridized carbons (Fsp3) is 0.786. The molecular weight excluding hydrogens is 322 g/mol. The summed E-state index contributed by atoms with van der Waals surface area (Å²) in [5.41, 5.74) is 1.27. The molecule has 1 atom stereocenters. The van der Waals surface area contributed by atoms with Crippen LogP contribution in [0.3, 0.4) is 0 Å². The van der Waals surface area contributed by atoms with Gasteiger partial charge in [0.1, 0.15) is 0 Å². The highest BCUT2D eigenvalue weighted by Gasteiger charge is 2.21. The summed E-state index contributed by atoms with van der Waals surface area (Å²) in [6, 6.07) is 0.388. The number of hydrogen-bond acceptors (Lipinski definition) is 3. The fourth-order valence-electron chi connectivity index (χ4n) is 2.76. The molecule has 1 N–H and O–H groups in total. The van der Waals surface area contributed by atoms with Gasteiger partial charge in [0.05, 0.1) is 22.4 Å². The van der Waals surface area contributed by atoms with Gasteiger partial charge in [-0.2, -0.15) is 16.9 Å². The minimum absolute atomic E-state index is 0.388. The van der Waals surface area contributed by atoms with Crippen LogP contribution >= 0.6 is 27.7 Å².